The van der Waals surface area contributed by atoms with E-state index in [2.05, 4.69) is 9.97 Å². The molecular formula is C15H24N4O5. The lowest BCUT2D eigenvalue weighted by molar-refractivity contribution is 0.0427. The van der Waals surface area contributed by atoms with Crippen molar-refractivity contribution >= 4 is 23.8 Å². The van der Waals surface area contributed by atoms with Gasteiger partial charge in [0.15, 0.2) is 11.6 Å². The van der Waals surface area contributed by atoms with Crippen LogP contribution >= 0.6 is 0 Å². The van der Waals surface area contributed by atoms with Crippen molar-refractivity contribution in [2.45, 2.75) is 52.7 Å². The van der Waals surface area contributed by atoms with Crippen LogP contribution in [0, 0.1) is 0 Å². The number of carbonyl (C=O) groups is 2. The number of nitrogen functional groups attached to an aromatic ring is 1. The molecule has 0 bridgehead atoms. The maximum absolute atomic E-state index is 12.5. The van der Waals surface area contributed by atoms with Crippen LogP contribution in [0.3, 0.4) is 0 Å². The molecule has 2 N–H and O–H groups in total. The van der Waals surface area contributed by atoms with Gasteiger partial charge in [0, 0.05) is 0 Å². The molecule has 0 spiro atoms. The van der Waals surface area contributed by atoms with Gasteiger partial charge in [0.25, 0.3) is 0 Å². The maximum Gasteiger partial charge on any atom is 0.425 e. The first kappa shape index (κ1) is 19.5. The normalized spacial score (nSPS) is 11.6. The molecule has 1 aromatic rings. The largest absolute Gasteiger partial charge is 0.490 e. The summed E-state index contributed by atoms with van der Waals surface area (Å²) in [5.74, 6) is -0.220. The minimum absolute atomic E-state index is 0.0281. The van der Waals surface area contributed by atoms with Gasteiger partial charge in [0.1, 0.15) is 17.5 Å². The lowest BCUT2D eigenvalue weighted by atomic mass is 10.2. The van der Waals surface area contributed by atoms with E-state index >= 15 is 0 Å². The van der Waals surface area contributed by atoms with E-state index in [4.69, 9.17) is 19.9 Å². The fourth-order valence-electron chi connectivity index (χ4n) is 1.60. The van der Waals surface area contributed by atoms with Gasteiger partial charge >= 0.3 is 12.2 Å². The fourth-order valence-corrected chi connectivity index (χ4v) is 1.60. The average Bonchev–Trinajstić information content (AvgIpc) is 2.34. The van der Waals surface area contributed by atoms with Crippen molar-refractivity contribution in [1.82, 2.24) is 9.97 Å². The number of nitrogens with two attached hydrogens (primary N) is 1. The number of hydrogen-bond acceptors (Lipinski definition) is 8. The Morgan fingerprint density at radius 3 is 1.83 bits per heavy atom. The first-order valence-electron chi connectivity index (χ1n) is 7.26. The van der Waals surface area contributed by atoms with Crippen molar-refractivity contribution in [3.8, 4) is 5.75 Å². The molecular weight excluding hydrogens is 316 g/mol. The summed E-state index contributed by atoms with van der Waals surface area (Å²) in [7, 11) is 1.32. The summed E-state index contributed by atoms with van der Waals surface area (Å²) in [6.07, 6.45) is -0.823. The van der Waals surface area contributed by atoms with Crippen molar-refractivity contribution in [3.05, 3.63) is 6.33 Å². The molecule has 1 rings (SSSR count). The number of imide groups is 1. The third-order valence-corrected chi connectivity index (χ3v) is 2.38. The van der Waals surface area contributed by atoms with Crippen LogP contribution in [-0.4, -0.2) is 40.5 Å². The highest BCUT2D eigenvalue weighted by Crippen LogP contribution is 2.32. The van der Waals surface area contributed by atoms with Crippen LogP contribution in [-0.2, 0) is 9.47 Å². The van der Waals surface area contributed by atoms with E-state index in [0.29, 0.717) is 4.90 Å². The van der Waals surface area contributed by atoms with Gasteiger partial charge in [-0.2, -0.15) is 4.90 Å². The third-order valence-electron chi connectivity index (χ3n) is 2.38. The smallest absolute Gasteiger partial charge is 0.425 e. The van der Waals surface area contributed by atoms with E-state index in [1.807, 2.05) is 0 Å². The number of rotatable bonds is 2. The molecule has 24 heavy (non-hydrogen) atoms. The quantitative estimate of drug-likeness (QED) is 0.873. The van der Waals surface area contributed by atoms with Gasteiger partial charge in [-0.05, 0) is 41.5 Å². The summed E-state index contributed by atoms with van der Waals surface area (Å²) in [4.78, 5) is 33.3. The Hall–Kier alpha value is -2.58. The maximum atomic E-state index is 12.5. The number of aromatic nitrogens is 2. The van der Waals surface area contributed by atoms with Gasteiger partial charge in [-0.1, -0.05) is 0 Å². The zero-order valence-electron chi connectivity index (χ0n) is 15.0. The molecule has 0 aromatic carbocycles. The topological polar surface area (TPSA) is 117 Å². The highest BCUT2D eigenvalue weighted by atomic mass is 16.6. The zero-order valence-corrected chi connectivity index (χ0v) is 15.0. The second kappa shape index (κ2) is 6.90. The molecule has 0 radical (unpaired) electrons. The first-order valence-corrected chi connectivity index (χ1v) is 7.26. The predicted molar refractivity (Wildman–Crippen MR) is 87.9 cm³/mol. The van der Waals surface area contributed by atoms with Crippen LogP contribution in [0.25, 0.3) is 0 Å². The average molecular weight is 340 g/mol. The zero-order chi connectivity index (χ0) is 18.7. The molecule has 0 fully saturated rings. The Balaban J connectivity index is 3.36. The molecule has 9 nitrogen and oxygen atoms in total. The minimum Gasteiger partial charge on any atom is -0.490 e. The summed E-state index contributed by atoms with van der Waals surface area (Å²) >= 11 is 0. The molecule has 1 heterocycles. The van der Waals surface area contributed by atoms with E-state index in [-0.39, 0.29) is 17.4 Å². The molecule has 0 aliphatic heterocycles. The summed E-state index contributed by atoms with van der Waals surface area (Å²) in [5, 5.41) is 0. The van der Waals surface area contributed by atoms with Gasteiger partial charge in [0.2, 0.25) is 5.75 Å². The van der Waals surface area contributed by atoms with Crippen molar-refractivity contribution < 1.29 is 23.8 Å². The standard InChI is InChI=1S/C15H24N4O5/c1-14(2,3)23-12(20)19(13(21)24-15(4,5)6)11-9(22-7)10(16)17-8-18-11/h8H,1-7H3,(H2,16,17,18). The molecule has 0 atom stereocenters. The van der Waals surface area contributed by atoms with Crippen molar-refractivity contribution in [2.24, 2.45) is 0 Å². The number of nitrogens with zero attached hydrogens (tertiary/aromatic N) is 3. The van der Waals surface area contributed by atoms with Gasteiger partial charge < -0.3 is 19.9 Å². The Kier molecular flexibility index (Phi) is 5.59. The van der Waals surface area contributed by atoms with Gasteiger partial charge in [0.05, 0.1) is 7.11 Å². The minimum atomic E-state index is -0.965. The Bertz CT molecular complexity index is 591. The van der Waals surface area contributed by atoms with Crippen LogP contribution in [0.15, 0.2) is 6.33 Å². The third kappa shape index (κ3) is 5.25. The monoisotopic (exact) mass is 340 g/mol. The van der Waals surface area contributed by atoms with Gasteiger partial charge in [-0.15, -0.1) is 0 Å². The number of hydrogen-bond donors (Lipinski definition) is 1. The predicted octanol–water partition coefficient (Wildman–Crippen LogP) is 2.74. The molecule has 0 saturated heterocycles. The molecule has 1 aromatic heterocycles. The van der Waals surface area contributed by atoms with Crippen molar-refractivity contribution in [3.63, 3.8) is 0 Å². The summed E-state index contributed by atoms with van der Waals surface area (Å²) in [5.41, 5.74) is 4.06. The Morgan fingerprint density at radius 2 is 1.46 bits per heavy atom. The summed E-state index contributed by atoms with van der Waals surface area (Å²) < 4.78 is 15.6. The van der Waals surface area contributed by atoms with Crippen LogP contribution in [0.4, 0.5) is 21.2 Å². The number of amides is 2. The molecule has 9 heteroatoms. The number of ether oxygens (including phenoxy) is 3. The summed E-state index contributed by atoms with van der Waals surface area (Å²) in [6, 6.07) is 0. The molecule has 134 valence electrons. The number of anilines is 2. The number of carbonyl (C=O) groups excluding carboxylic acids is 2. The highest BCUT2D eigenvalue weighted by molar-refractivity contribution is 6.10. The van der Waals surface area contributed by atoms with E-state index in [1.54, 1.807) is 41.5 Å². The fraction of sp³-hybridized carbons (Fsp3) is 0.600. The van der Waals surface area contributed by atoms with Crippen LogP contribution in [0.2, 0.25) is 0 Å². The lowest BCUT2D eigenvalue weighted by Gasteiger charge is -2.28. The lowest BCUT2D eigenvalue weighted by Crippen LogP contribution is -2.44. The molecule has 0 aliphatic carbocycles. The molecule has 0 unspecified atom stereocenters. The Morgan fingerprint density at radius 1 is 1.00 bits per heavy atom. The summed E-state index contributed by atoms with van der Waals surface area (Å²) in [6.45, 7) is 10.0. The van der Waals surface area contributed by atoms with Crippen LogP contribution < -0.4 is 15.4 Å². The van der Waals surface area contributed by atoms with E-state index in [9.17, 15) is 9.59 Å². The van der Waals surface area contributed by atoms with E-state index < -0.39 is 23.4 Å². The second-order valence-electron chi connectivity index (χ2n) is 6.91. The van der Waals surface area contributed by atoms with Crippen LogP contribution in [0.5, 0.6) is 5.75 Å². The van der Waals surface area contributed by atoms with Crippen molar-refractivity contribution in [2.75, 3.05) is 17.7 Å². The Labute approximate surface area is 141 Å². The van der Waals surface area contributed by atoms with E-state index in [1.165, 1.54) is 7.11 Å². The number of methoxy groups -OCH3 is 1. The molecule has 2 amide bonds. The molecule has 0 saturated carbocycles. The van der Waals surface area contributed by atoms with Gasteiger partial charge in [-0.25, -0.2) is 19.6 Å². The van der Waals surface area contributed by atoms with Gasteiger partial charge in [-0.3, -0.25) is 0 Å². The van der Waals surface area contributed by atoms with Crippen molar-refractivity contribution in [1.29, 1.82) is 0 Å². The SMILES string of the molecule is COc1c(N)ncnc1N(C(=O)OC(C)(C)C)C(=O)OC(C)(C)C. The van der Waals surface area contributed by atoms with E-state index in [0.717, 1.165) is 6.33 Å². The second-order valence-corrected chi connectivity index (χ2v) is 6.91. The van der Waals surface area contributed by atoms with Crippen LogP contribution in [0.1, 0.15) is 41.5 Å². The highest BCUT2D eigenvalue weighted by Gasteiger charge is 2.36. The molecule has 0 aliphatic rings. The first-order chi connectivity index (χ1) is 10.9.